The number of pyridine rings is 1. The Morgan fingerprint density at radius 3 is 2.62 bits per heavy atom. The average molecular weight is 411 g/mol. The van der Waals surface area contributed by atoms with E-state index in [1.54, 1.807) is 12.4 Å². The molecule has 2 heterocycles. The van der Waals surface area contributed by atoms with Gasteiger partial charge in [-0.2, -0.15) is 5.26 Å². The third kappa shape index (κ3) is 4.06. The lowest BCUT2D eigenvalue weighted by Crippen LogP contribution is -2.11. The van der Waals surface area contributed by atoms with E-state index in [1.165, 1.54) is 32.1 Å². The zero-order valence-electron chi connectivity index (χ0n) is 16.2. The van der Waals surface area contributed by atoms with Crippen molar-refractivity contribution in [2.75, 3.05) is 5.73 Å². The molecule has 2 aromatic heterocycles. The summed E-state index contributed by atoms with van der Waals surface area (Å²) in [7, 11) is 0. The topological polar surface area (TPSA) is 105 Å². The number of nitrogens with zero attached hydrogens (tertiary/aromatic N) is 3. The molecule has 1 saturated carbocycles. The van der Waals surface area contributed by atoms with Gasteiger partial charge in [-0.3, -0.25) is 9.78 Å². The lowest BCUT2D eigenvalue weighted by molar-refractivity contribution is -0.122. The molecule has 0 amide bonds. The van der Waals surface area contributed by atoms with E-state index in [1.807, 2.05) is 13.0 Å². The van der Waals surface area contributed by atoms with Crippen molar-refractivity contribution in [2.45, 2.75) is 45.1 Å². The molecule has 7 heteroatoms. The van der Waals surface area contributed by atoms with Gasteiger partial charge in [0, 0.05) is 40.5 Å². The highest BCUT2D eigenvalue weighted by molar-refractivity contribution is 6.36. The van der Waals surface area contributed by atoms with E-state index >= 15 is 0 Å². The number of halogens is 1. The summed E-state index contributed by atoms with van der Waals surface area (Å²) in [5.74, 6) is 0. The fourth-order valence-electron chi connectivity index (χ4n) is 4.05. The van der Waals surface area contributed by atoms with Crippen LogP contribution in [-0.4, -0.2) is 21.1 Å². The van der Waals surface area contributed by atoms with Crippen LogP contribution in [0.2, 0.25) is 5.02 Å². The van der Waals surface area contributed by atoms with Gasteiger partial charge < -0.3 is 15.4 Å². The molecule has 0 spiro atoms. The Morgan fingerprint density at radius 1 is 1.28 bits per heavy atom. The summed E-state index contributed by atoms with van der Waals surface area (Å²) in [5.41, 5.74) is 11.1. The van der Waals surface area contributed by atoms with Crippen LogP contribution < -0.4 is 5.73 Å². The molecular formula is C22H23ClN4O2. The molecule has 0 aliphatic heterocycles. The van der Waals surface area contributed by atoms with E-state index < -0.39 is 0 Å². The number of fused-ring (bicyclic) bond motifs is 1. The van der Waals surface area contributed by atoms with E-state index in [9.17, 15) is 5.26 Å². The summed E-state index contributed by atoms with van der Waals surface area (Å²) in [6.45, 7) is 1.74. The molecule has 6 nitrogen and oxygen atoms in total. The number of nitriles is 1. The van der Waals surface area contributed by atoms with E-state index in [0.29, 0.717) is 22.3 Å². The van der Waals surface area contributed by atoms with Crippen LogP contribution in [0.15, 0.2) is 30.7 Å². The maximum atomic E-state index is 9.48. The second-order valence-corrected chi connectivity index (χ2v) is 7.61. The largest absolute Gasteiger partial charge is 0.483 e. The molecule has 0 bridgehead atoms. The Balaban J connectivity index is 0.000000755. The summed E-state index contributed by atoms with van der Waals surface area (Å²) in [6.07, 6.45) is 11.7. The second kappa shape index (κ2) is 8.97. The molecule has 29 heavy (non-hydrogen) atoms. The number of carboxylic acid groups (broad SMARTS) is 1. The number of rotatable bonds is 2. The van der Waals surface area contributed by atoms with Crippen molar-refractivity contribution in [3.05, 3.63) is 46.9 Å². The Kier molecular flexibility index (Phi) is 6.40. The molecule has 0 radical (unpaired) electrons. The minimum absolute atomic E-state index is 0.250. The molecule has 0 atom stereocenters. The monoisotopic (exact) mass is 410 g/mol. The molecule has 1 fully saturated rings. The van der Waals surface area contributed by atoms with Gasteiger partial charge in [0.2, 0.25) is 0 Å². The highest BCUT2D eigenvalue weighted by Gasteiger charge is 2.21. The van der Waals surface area contributed by atoms with Crippen LogP contribution in [-0.2, 0) is 4.79 Å². The van der Waals surface area contributed by atoms with Gasteiger partial charge >= 0.3 is 0 Å². The second-order valence-electron chi connectivity index (χ2n) is 7.23. The van der Waals surface area contributed by atoms with Gasteiger partial charge in [-0.25, -0.2) is 0 Å². The van der Waals surface area contributed by atoms with Crippen molar-refractivity contribution in [1.29, 1.82) is 5.26 Å². The Bertz CT molecular complexity index is 1080. The first-order valence-electron chi connectivity index (χ1n) is 9.54. The lowest BCUT2D eigenvalue weighted by atomic mass is 9.95. The highest BCUT2D eigenvalue weighted by Crippen LogP contribution is 2.41. The maximum absolute atomic E-state index is 9.48. The highest BCUT2D eigenvalue weighted by atomic mass is 35.5. The zero-order valence-corrected chi connectivity index (χ0v) is 17.0. The van der Waals surface area contributed by atoms with Gasteiger partial charge in [0.05, 0.1) is 28.5 Å². The standard InChI is InChI=1S/C21H21ClN4.CH2O2/c1-13-7-20-16(8-14(13)9-23)18(17-10-25-11-19(24)21(17)22)12-26(20)15-5-3-2-4-6-15;2-1-3/h7-8,10-12,15H,2-6,24H2,1H3;1H,(H,2,3). The van der Waals surface area contributed by atoms with E-state index in [2.05, 4.69) is 27.9 Å². The summed E-state index contributed by atoms with van der Waals surface area (Å²) in [5, 5.41) is 17.9. The van der Waals surface area contributed by atoms with Crippen molar-refractivity contribution in [1.82, 2.24) is 9.55 Å². The number of hydrogen-bond acceptors (Lipinski definition) is 4. The van der Waals surface area contributed by atoms with Crippen molar-refractivity contribution >= 4 is 34.7 Å². The summed E-state index contributed by atoms with van der Waals surface area (Å²) < 4.78 is 2.37. The number of benzene rings is 1. The van der Waals surface area contributed by atoms with Gasteiger partial charge in [-0.15, -0.1) is 0 Å². The Labute approximate surface area is 174 Å². The smallest absolute Gasteiger partial charge is 0.290 e. The fraction of sp³-hybridized carbons (Fsp3) is 0.318. The van der Waals surface area contributed by atoms with Gasteiger partial charge in [0.15, 0.2) is 0 Å². The minimum Gasteiger partial charge on any atom is -0.483 e. The van der Waals surface area contributed by atoms with Crippen LogP contribution >= 0.6 is 11.6 Å². The van der Waals surface area contributed by atoms with Gasteiger partial charge in [0.25, 0.3) is 6.47 Å². The van der Waals surface area contributed by atoms with Crippen molar-refractivity contribution in [3.63, 3.8) is 0 Å². The number of anilines is 1. The summed E-state index contributed by atoms with van der Waals surface area (Å²) >= 11 is 6.49. The van der Waals surface area contributed by atoms with Crippen LogP contribution in [0, 0.1) is 18.3 Å². The van der Waals surface area contributed by atoms with Crippen LogP contribution in [0.1, 0.15) is 49.3 Å². The molecule has 0 saturated heterocycles. The van der Waals surface area contributed by atoms with Gasteiger partial charge in [0.1, 0.15) is 0 Å². The van der Waals surface area contributed by atoms with Crippen LogP contribution in [0.4, 0.5) is 5.69 Å². The number of aromatic nitrogens is 2. The predicted molar refractivity (Wildman–Crippen MR) is 115 cm³/mol. The van der Waals surface area contributed by atoms with Crippen molar-refractivity contribution in [2.24, 2.45) is 0 Å². The van der Waals surface area contributed by atoms with Crippen LogP contribution in [0.3, 0.4) is 0 Å². The Hall–Kier alpha value is -3.04. The third-order valence-electron chi connectivity index (χ3n) is 5.47. The van der Waals surface area contributed by atoms with Gasteiger partial charge in [-0.05, 0) is 37.5 Å². The first kappa shape index (κ1) is 20.7. The predicted octanol–water partition coefficient (Wildman–Crippen LogP) is 5.33. The molecule has 1 aromatic carbocycles. The van der Waals surface area contributed by atoms with E-state index in [-0.39, 0.29) is 6.47 Å². The average Bonchev–Trinajstić information content (AvgIpc) is 3.08. The van der Waals surface area contributed by atoms with E-state index in [0.717, 1.165) is 27.6 Å². The number of nitrogen functional groups attached to an aromatic ring is 1. The van der Waals surface area contributed by atoms with Crippen LogP contribution in [0.25, 0.3) is 22.0 Å². The number of nitrogens with two attached hydrogens (primary N) is 1. The molecular weight excluding hydrogens is 388 g/mol. The lowest BCUT2D eigenvalue weighted by Gasteiger charge is -2.24. The van der Waals surface area contributed by atoms with Crippen molar-refractivity contribution < 1.29 is 9.90 Å². The minimum atomic E-state index is -0.250. The first-order valence-corrected chi connectivity index (χ1v) is 9.92. The molecule has 3 aromatic rings. The molecule has 1 aliphatic carbocycles. The number of carbonyl (C=O) groups is 1. The van der Waals surface area contributed by atoms with Gasteiger partial charge in [-0.1, -0.05) is 30.9 Å². The number of hydrogen-bond donors (Lipinski definition) is 2. The molecule has 150 valence electrons. The maximum Gasteiger partial charge on any atom is 0.290 e. The molecule has 0 unspecified atom stereocenters. The first-order chi connectivity index (χ1) is 14.0. The molecule has 1 aliphatic rings. The molecule has 4 rings (SSSR count). The fourth-order valence-corrected chi connectivity index (χ4v) is 4.24. The molecule has 3 N–H and O–H groups in total. The summed E-state index contributed by atoms with van der Waals surface area (Å²) in [6, 6.07) is 6.88. The normalized spacial score (nSPS) is 14.1. The zero-order chi connectivity index (χ0) is 21.0. The SMILES string of the molecule is Cc1cc2c(cc1C#N)c(-c1cncc(N)c1Cl)cn2C1CCCCC1.O=CO. The quantitative estimate of drug-likeness (QED) is 0.556. The number of aryl methyl sites for hydroxylation is 1. The summed E-state index contributed by atoms with van der Waals surface area (Å²) in [4.78, 5) is 12.6. The third-order valence-corrected chi connectivity index (χ3v) is 5.89. The van der Waals surface area contributed by atoms with Crippen molar-refractivity contribution in [3.8, 4) is 17.2 Å². The Morgan fingerprint density at radius 2 is 1.97 bits per heavy atom. The van der Waals surface area contributed by atoms with E-state index in [4.69, 9.17) is 27.2 Å². The van der Waals surface area contributed by atoms with Crippen LogP contribution in [0.5, 0.6) is 0 Å².